The zero-order chi connectivity index (χ0) is 25.1. The summed E-state index contributed by atoms with van der Waals surface area (Å²) < 4.78 is 0. The molecule has 1 amide bonds. The molecule has 2 aromatic carbocycles. The molecule has 10 heteroatoms. The van der Waals surface area contributed by atoms with Crippen molar-refractivity contribution in [3.05, 3.63) is 92.6 Å². The summed E-state index contributed by atoms with van der Waals surface area (Å²) in [5.74, 6) is -0.0269. The van der Waals surface area contributed by atoms with Gasteiger partial charge in [-0.1, -0.05) is 29.8 Å². The van der Waals surface area contributed by atoms with Gasteiger partial charge < -0.3 is 14.7 Å². The first-order valence-electron chi connectivity index (χ1n) is 11.0. The maximum Gasteiger partial charge on any atom is 0.293 e. The second-order valence-corrected chi connectivity index (χ2v) is 8.73. The first-order valence-corrected chi connectivity index (χ1v) is 11.4. The van der Waals surface area contributed by atoms with Gasteiger partial charge in [-0.2, -0.15) is 0 Å². The number of halogens is 1. The lowest BCUT2D eigenvalue weighted by atomic mass is 9.96. The molecule has 1 aromatic heterocycles. The summed E-state index contributed by atoms with van der Waals surface area (Å²) in [4.78, 5) is 47.4. The average Bonchev–Trinajstić information content (AvgIpc) is 2.88. The maximum absolute atomic E-state index is 13.4. The van der Waals surface area contributed by atoms with E-state index in [1.54, 1.807) is 72.6 Å². The van der Waals surface area contributed by atoms with Crippen molar-refractivity contribution < 1.29 is 14.5 Å². The minimum Gasteiger partial charge on any atom is -0.372 e. The van der Waals surface area contributed by atoms with Crippen LogP contribution in [-0.2, 0) is 0 Å². The number of pyridine rings is 1. The van der Waals surface area contributed by atoms with Gasteiger partial charge in [0, 0.05) is 63.7 Å². The fourth-order valence-electron chi connectivity index (χ4n) is 4.11. The predicted octanol–water partition coefficient (Wildman–Crippen LogP) is 3.90. The van der Waals surface area contributed by atoms with Crippen LogP contribution in [0.3, 0.4) is 0 Å². The smallest absolute Gasteiger partial charge is 0.293 e. The molecule has 0 bridgehead atoms. The van der Waals surface area contributed by atoms with Gasteiger partial charge in [0.1, 0.15) is 11.5 Å². The standard InChI is InChI=1S/C25H24ClN5O4/c1-28(2)21-10-9-17(16-22(21)31(34)35)23(32)18-6-3-4-7-19(18)25(33)30-14-12-29(13-15-30)24-20(26)8-5-11-27-24/h3-11,16H,12-15H2,1-2H3. The number of rotatable bonds is 6. The Hall–Kier alpha value is -3.98. The third kappa shape index (κ3) is 4.95. The highest BCUT2D eigenvalue weighted by atomic mass is 35.5. The Labute approximate surface area is 207 Å². The summed E-state index contributed by atoms with van der Waals surface area (Å²) >= 11 is 6.26. The number of anilines is 2. The number of ketones is 1. The molecule has 0 atom stereocenters. The molecule has 0 N–H and O–H groups in total. The minimum atomic E-state index is -0.517. The number of nitrogens with zero attached hydrogens (tertiary/aromatic N) is 5. The topological polar surface area (TPSA) is 99.9 Å². The molecule has 0 spiro atoms. The van der Waals surface area contributed by atoms with Crippen molar-refractivity contribution in [1.29, 1.82) is 0 Å². The van der Waals surface area contributed by atoms with E-state index in [1.807, 2.05) is 4.90 Å². The van der Waals surface area contributed by atoms with E-state index in [4.69, 9.17) is 11.6 Å². The lowest BCUT2D eigenvalue weighted by Crippen LogP contribution is -2.49. The van der Waals surface area contributed by atoms with E-state index in [1.165, 1.54) is 12.1 Å². The number of benzene rings is 2. The van der Waals surface area contributed by atoms with E-state index < -0.39 is 10.7 Å². The predicted molar refractivity (Wildman–Crippen MR) is 135 cm³/mol. The number of aromatic nitrogens is 1. The molecule has 180 valence electrons. The molecular formula is C25H24ClN5O4. The molecule has 2 heterocycles. The van der Waals surface area contributed by atoms with Crippen LogP contribution < -0.4 is 9.80 Å². The molecule has 0 aliphatic carbocycles. The van der Waals surface area contributed by atoms with Crippen molar-refractivity contribution in [3.63, 3.8) is 0 Å². The first kappa shape index (κ1) is 24.2. The zero-order valence-corrected chi connectivity index (χ0v) is 20.1. The van der Waals surface area contributed by atoms with E-state index in [9.17, 15) is 19.7 Å². The molecule has 9 nitrogen and oxygen atoms in total. The van der Waals surface area contributed by atoms with Gasteiger partial charge in [-0.15, -0.1) is 0 Å². The van der Waals surface area contributed by atoms with E-state index >= 15 is 0 Å². The van der Waals surface area contributed by atoms with Crippen LogP contribution >= 0.6 is 11.6 Å². The quantitative estimate of drug-likeness (QED) is 0.291. The number of amides is 1. The van der Waals surface area contributed by atoms with Crippen LogP contribution in [0.2, 0.25) is 5.02 Å². The van der Waals surface area contributed by atoms with Gasteiger partial charge in [-0.05, 0) is 30.3 Å². The molecule has 3 aromatic rings. The summed E-state index contributed by atoms with van der Waals surface area (Å²) in [5.41, 5.74) is 0.841. The summed E-state index contributed by atoms with van der Waals surface area (Å²) in [7, 11) is 3.39. The molecule has 1 fully saturated rings. The molecule has 35 heavy (non-hydrogen) atoms. The van der Waals surface area contributed by atoms with E-state index in [0.29, 0.717) is 42.7 Å². The number of nitro benzene ring substituents is 1. The van der Waals surface area contributed by atoms with E-state index in [2.05, 4.69) is 4.98 Å². The first-order chi connectivity index (χ1) is 16.8. The Kier molecular flexibility index (Phi) is 6.97. The van der Waals surface area contributed by atoms with Crippen LogP contribution in [0.25, 0.3) is 0 Å². The highest BCUT2D eigenvalue weighted by Crippen LogP contribution is 2.29. The van der Waals surface area contributed by atoms with Crippen molar-refractivity contribution in [1.82, 2.24) is 9.88 Å². The third-order valence-corrected chi connectivity index (χ3v) is 6.22. The van der Waals surface area contributed by atoms with Crippen LogP contribution in [0.4, 0.5) is 17.2 Å². The minimum absolute atomic E-state index is 0.150. The van der Waals surface area contributed by atoms with Gasteiger partial charge >= 0.3 is 0 Å². The van der Waals surface area contributed by atoms with Crippen LogP contribution in [0, 0.1) is 10.1 Å². The molecule has 0 unspecified atom stereocenters. The third-order valence-electron chi connectivity index (χ3n) is 5.92. The SMILES string of the molecule is CN(C)c1ccc(C(=O)c2ccccc2C(=O)N2CCN(c3ncccc3Cl)CC2)cc1[N+](=O)[O-]. The number of carbonyl (C=O) groups excluding carboxylic acids is 2. The number of hydrogen-bond acceptors (Lipinski definition) is 7. The van der Waals surface area contributed by atoms with Crippen LogP contribution in [0.15, 0.2) is 60.8 Å². The van der Waals surface area contributed by atoms with E-state index in [0.717, 1.165) is 0 Å². The number of carbonyl (C=O) groups is 2. The van der Waals surface area contributed by atoms with E-state index in [-0.39, 0.29) is 28.3 Å². The molecular weight excluding hydrogens is 470 g/mol. The monoisotopic (exact) mass is 493 g/mol. The summed E-state index contributed by atoms with van der Waals surface area (Å²) in [5, 5.41) is 12.1. The van der Waals surface area contributed by atoms with Gasteiger partial charge in [-0.3, -0.25) is 19.7 Å². The molecule has 1 aliphatic heterocycles. The fraction of sp³-hybridized carbons (Fsp3) is 0.240. The molecule has 4 rings (SSSR count). The zero-order valence-electron chi connectivity index (χ0n) is 19.3. The van der Waals surface area contributed by atoms with Crippen LogP contribution in [0.5, 0.6) is 0 Å². The summed E-state index contributed by atoms with van der Waals surface area (Å²) in [6, 6.07) is 14.4. The second kappa shape index (κ2) is 10.1. The number of hydrogen-bond donors (Lipinski definition) is 0. The van der Waals surface area contributed by atoms with Gasteiger partial charge in [-0.25, -0.2) is 4.98 Å². The fourth-order valence-corrected chi connectivity index (χ4v) is 4.35. The van der Waals surface area contributed by atoms with Crippen molar-refractivity contribution in [3.8, 4) is 0 Å². The molecule has 0 radical (unpaired) electrons. The number of piperazine rings is 1. The Morgan fingerprint density at radius 3 is 2.31 bits per heavy atom. The van der Waals surface area contributed by atoms with Crippen LogP contribution in [-0.4, -0.2) is 66.8 Å². The Balaban J connectivity index is 1.56. The van der Waals surface area contributed by atoms with Gasteiger partial charge in [0.25, 0.3) is 11.6 Å². The van der Waals surface area contributed by atoms with Crippen molar-refractivity contribution in [2.75, 3.05) is 50.1 Å². The largest absolute Gasteiger partial charge is 0.372 e. The van der Waals surface area contributed by atoms with Gasteiger partial charge in [0.05, 0.1) is 15.5 Å². The highest BCUT2D eigenvalue weighted by Gasteiger charge is 2.28. The molecule has 1 saturated heterocycles. The Morgan fingerprint density at radius 1 is 1.00 bits per heavy atom. The summed E-state index contributed by atoms with van der Waals surface area (Å²) in [6.07, 6.45) is 1.68. The van der Waals surface area contributed by atoms with Crippen molar-refractivity contribution in [2.45, 2.75) is 0 Å². The van der Waals surface area contributed by atoms with Gasteiger partial charge in [0.15, 0.2) is 5.78 Å². The summed E-state index contributed by atoms with van der Waals surface area (Å²) in [6.45, 7) is 1.99. The molecule has 0 saturated carbocycles. The average molecular weight is 494 g/mol. The lowest BCUT2D eigenvalue weighted by molar-refractivity contribution is -0.384. The highest BCUT2D eigenvalue weighted by molar-refractivity contribution is 6.32. The Bertz CT molecular complexity index is 1290. The molecule has 1 aliphatic rings. The second-order valence-electron chi connectivity index (χ2n) is 8.32. The van der Waals surface area contributed by atoms with Crippen LogP contribution in [0.1, 0.15) is 26.3 Å². The van der Waals surface area contributed by atoms with Crippen molar-refractivity contribution >= 4 is 40.5 Å². The lowest BCUT2D eigenvalue weighted by Gasteiger charge is -2.36. The Morgan fingerprint density at radius 2 is 1.69 bits per heavy atom. The van der Waals surface area contributed by atoms with Crippen molar-refractivity contribution in [2.24, 2.45) is 0 Å². The number of nitro groups is 1. The normalized spacial score (nSPS) is 13.5. The maximum atomic E-state index is 13.4. The van der Waals surface area contributed by atoms with Gasteiger partial charge in [0.2, 0.25) is 0 Å².